The molecule has 2 aromatic carbocycles. The molecule has 0 N–H and O–H groups in total. The van der Waals surface area contributed by atoms with Gasteiger partial charge in [0.15, 0.2) is 11.6 Å². The van der Waals surface area contributed by atoms with Gasteiger partial charge >= 0.3 is 5.97 Å². The largest absolute Gasteiger partial charge is 0.497 e. The van der Waals surface area contributed by atoms with Gasteiger partial charge in [-0.05, 0) is 29.8 Å². The molecule has 2 rings (SSSR count). The quantitative estimate of drug-likeness (QED) is 0.765. The summed E-state index contributed by atoms with van der Waals surface area (Å²) in [6.07, 6.45) is 0. The Labute approximate surface area is 133 Å². The Morgan fingerprint density at radius 3 is 2.39 bits per heavy atom. The summed E-state index contributed by atoms with van der Waals surface area (Å²) < 4.78 is 34.0. The molecular formula is C17H17FO5. The van der Waals surface area contributed by atoms with Crippen LogP contribution in [0.15, 0.2) is 36.4 Å². The van der Waals surface area contributed by atoms with Gasteiger partial charge in [0.25, 0.3) is 0 Å². The van der Waals surface area contributed by atoms with Gasteiger partial charge in [0.05, 0.1) is 21.3 Å². The fourth-order valence-corrected chi connectivity index (χ4v) is 1.99. The van der Waals surface area contributed by atoms with Gasteiger partial charge in [-0.15, -0.1) is 0 Å². The van der Waals surface area contributed by atoms with E-state index in [0.29, 0.717) is 17.1 Å². The van der Waals surface area contributed by atoms with Crippen molar-refractivity contribution in [3.8, 4) is 17.2 Å². The third-order valence-corrected chi connectivity index (χ3v) is 3.20. The number of esters is 1. The highest BCUT2D eigenvalue weighted by molar-refractivity contribution is 5.92. The first-order valence-corrected chi connectivity index (χ1v) is 6.80. The van der Waals surface area contributed by atoms with Crippen LogP contribution >= 0.6 is 0 Å². The summed E-state index contributed by atoms with van der Waals surface area (Å²) in [4.78, 5) is 11.8. The molecule has 0 unspecified atom stereocenters. The lowest BCUT2D eigenvalue weighted by Crippen LogP contribution is -2.06. The first-order chi connectivity index (χ1) is 11.1. The van der Waals surface area contributed by atoms with Crippen molar-refractivity contribution in [3.63, 3.8) is 0 Å². The van der Waals surface area contributed by atoms with Crippen molar-refractivity contribution in [2.45, 2.75) is 6.61 Å². The number of ether oxygens (including phenoxy) is 4. The predicted octanol–water partition coefficient (Wildman–Crippen LogP) is 3.21. The van der Waals surface area contributed by atoms with Gasteiger partial charge in [-0.1, -0.05) is 6.07 Å². The van der Waals surface area contributed by atoms with Crippen LogP contribution in [0.4, 0.5) is 4.39 Å². The summed E-state index contributed by atoms with van der Waals surface area (Å²) in [5, 5.41) is 0. The van der Waals surface area contributed by atoms with Crippen LogP contribution in [0.25, 0.3) is 0 Å². The van der Waals surface area contributed by atoms with E-state index in [0.717, 1.165) is 0 Å². The molecule has 0 saturated carbocycles. The van der Waals surface area contributed by atoms with Crippen LogP contribution in [0.2, 0.25) is 0 Å². The number of rotatable bonds is 6. The second kappa shape index (κ2) is 7.49. The van der Waals surface area contributed by atoms with Gasteiger partial charge in [0.1, 0.15) is 23.7 Å². The van der Waals surface area contributed by atoms with E-state index >= 15 is 0 Å². The Morgan fingerprint density at radius 2 is 1.78 bits per heavy atom. The van der Waals surface area contributed by atoms with Crippen molar-refractivity contribution >= 4 is 5.97 Å². The van der Waals surface area contributed by atoms with Gasteiger partial charge < -0.3 is 18.9 Å². The van der Waals surface area contributed by atoms with Gasteiger partial charge in [0.2, 0.25) is 0 Å². The van der Waals surface area contributed by atoms with Gasteiger partial charge in [-0.3, -0.25) is 0 Å². The number of benzene rings is 2. The minimum absolute atomic E-state index is 0.0814. The van der Waals surface area contributed by atoms with E-state index in [1.54, 1.807) is 24.3 Å². The molecule has 0 saturated heterocycles. The second-order valence-electron chi connectivity index (χ2n) is 4.61. The molecule has 0 spiro atoms. The number of hydrogen-bond donors (Lipinski definition) is 0. The molecule has 0 aliphatic rings. The zero-order chi connectivity index (χ0) is 16.8. The highest BCUT2D eigenvalue weighted by atomic mass is 19.1. The van der Waals surface area contributed by atoms with Crippen molar-refractivity contribution in [1.82, 2.24) is 0 Å². The maximum absolute atomic E-state index is 13.7. The predicted molar refractivity (Wildman–Crippen MR) is 81.6 cm³/mol. The Hall–Kier alpha value is -2.76. The average molecular weight is 320 g/mol. The average Bonchev–Trinajstić information content (AvgIpc) is 2.59. The van der Waals surface area contributed by atoms with Crippen molar-refractivity contribution in [3.05, 3.63) is 53.3 Å². The van der Waals surface area contributed by atoms with Crippen LogP contribution in [0, 0.1) is 5.82 Å². The lowest BCUT2D eigenvalue weighted by molar-refractivity contribution is 0.0595. The zero-order valence-electron chi connectivity index (χ0n) is 13.1. The van der Waals surface area contributed by atoms with Crippen LogP contribution in [-0.2, 0) is 11.3 Å². The third-order valence-electron chi connectivity index (χ3n) is 3.20. The number of carbonyl (C=O) groups excluding carboxylic acids is 1. The maximum Gasteiger partial charge on any atom is 0.341 e. The molecule has 23 heavy (non-hydrogen) atoms. The maximum atomic E-state index is 13.7. The summed E-state index contributed by atoms with van der Waals surface area (Å²) in [6.45, 7) is 0.0814. The van der Waals surface area contributed by atoms with E-state index in [-0.39, 0.29) is 17.9 Å². The fourth-order valence-electron chi connectivity index (χ4n) is 1.99. The van der Waals surface area contributed by atoms with Gasteiger partial charge in [-0.25, -0.2) is 9.18 Å². The summed E-state index contributed by atoms with van der Waals surface area (Å²) in [5.74, 6) is -0.0117. The summed E-state index contributed by atoms with van der Waals surface area (Å²) >= 11 is 0. The first kappa shape index (κ1) is 16.6. The Balaban J connectivity index is 2.21. The molecule has 0 aliphatic heterocycles. The van der Waals surface area contributed by atoms with Gasteiger partial charge in [-0.2, -0.15) is 0 Å². The van der Waals surface area contributed by atoms with Crippen molar-refractivity contribution in [2.75, 3.05) is 21.3 Å². The minimum Gasteiger partial charge on any atom is -0.497 e. The molecule has 0 bridgehead atoms. The normalized spacial score (nSPS) is 10.1. The molecule has 0 aromatic heterocycles. The minimum atomic E-state index is -0.524. The first-order valence-electron chi connectivity index (χ1n) is 6.80. The van der Waals surface area contributed by atoms with Crippen LogP contribution in [-0.4, -0.2) is 27.3 Å². The number of halogens is 1. The number of methoxy groups -OCH3 is 3. The lowest BCUT2D eigenvalue weighted by Gasteiger charge is -2.12. The number of hydrogen-bond acceptors (Lipinski definition) is 5. The van der Waals surface area contributed by atoms with Crippen LogP contribution < -0.4 is 14.2 Å². The highest BCUT2D eigenvalue weighted by Gasteiger charge is 2.14. The molecule has 122 valence electrons. The molecule has 0 atom stereocenters. The van der Waals surface area contributed by atoms with E-state index in [2.05, 4.69) is 0 Å². The van der Waals surface area contributed by atoms with E-state index in [4.69, 9.17) is 18.9 Å². The molecule has 0 aliphatic carbocycles. The second-order valence-corrected chi connectivity index (χ2v) is 4.61. The Kier molecular flexibility index (Phi) is 5.41. The van der Waals surface area contributed by atoms with Crippen molar-refractivity contribution in [2.24, 2.45) is 0 Å². The molecule has 0 heterocycles. The topological polar surface area (TPSA) is 54.0 Å². The SMILES string of the molecule is COC(=O)c1ccc(OC)cc1OCc1ccc(OC)c(F)c1. The molecule has 6 heteroatoms. The van der Waals surface area contributed by atoms with Crippen LogP contribution in [0.1, 0.15) is 15.9 Å². The molecule has 0 radical (unpaired) electrons. The summed E-state index contributed by atoms with van der Waals surface area (Å²) in [5.41, 5.74) is 0.865. The smallest absolute Gasteiger partial charge is 0.341 e. The third kappa shape index (κ3) is 3.91. The van der Waals surface area contributed by atoms with E-state index in [1.807, 2.05) is 0 Å². The fraction of sp³-hybridized carbons (Fsp3) is 0.235. The van der Waals surface area contributed by atoms with Crippen molar-refractivity contribution in [1.29, 1.82) is 0 Å². The Bertz CT molecular complexity index is 699. The summed E-state index contributed by atoms with van der Waals surface area (Å²) in [7, 11) is 4.19. The Morgan fingerprint density at radius 1 is 1.00 bits per heavy atom. The zero-order valence-corrected chi connectivity index (χ0v) is 13.1. The van der Waals surface area contributed by atoms with Gasteiger partial charge in [0, 0.05) is 6.07 Å². The van der Waals surface area contributed by atoms with Crippen LogP contribution in [0.3, 0.4) is 0 Å². The molecule has 5 nitrogen and oxygen atoms in total. The standard InChI is InChI=1S/C17H17FO5/c1-20-12-5-6-13(17(19)22-3)16(9-12)23-10-11-4-7-15(21-2)14(18)8-11/h4-9H,10H2,1-3H3. The van der Waals surface area contributed by atoms with E-state index in [1.165, 1.54) is 33.5 Å². The molecule has 0 fully saturated rings. The monoisotopic (exact) mass is 320 g/mol. The lowest BCUT2D eigenvalue weighted by atomic mass is 10.2. The molecule has 0 amide bonds. The molecular weight excluding hydrogens is 303 g/mol. The number of carbonyl (C=O) groups is 1. The highest BCUT2D eigenvalue weighted by Crippen LogP contribution is 2.27. The molecule has 2 aromatic rings. The van der Waals surface area contributed by atoms with Crippen molar-refractivity contribution < 1.29 is 28.1 Å². The van der Waals surface area contributed by atoms with E-state index in [9.17, 15) is 9.18 Å². The summed E-state index contributed by atoms with van der Waals surface area (Å²) in [6, 6.07) is 9.27. The van der Waals surface area contributed by atoms with Crippen LogP contribution in [0.5, 0.6) is 17.2 Å². The van der Waals surface area contributed by atoms with E-state index < -0.39 is 11.8 Å².